The highest BCUT2D eigenvalue weighted by atomic mass is 16.5. The first kappa shape index (κ1) is 23.6. The molecule has 35 heavy (non-hydrogen) atoms. The maximum absolute atomic E-state index is 12.8. The van der Waals surface area contributed by atoms with Crippen LogP contribution in [-0.4, -0.2) is 19.2 Å². The molecular weight excluding hydrogens is 440 g/mol. The highest BCUT2D eigenvalue weighted by Crippen LogP contribution is 2.31. The maximum atomic E-state index is 12.8. The lowest BCUT2D eigenvalue weighted by Gasteiger charge is -2.13. The minimum atomic E-state index is -0.375. The lowest BCUT2D eigenvalue weighted by molar-refractivity contribution is 0.0950. The summed E-state index contributed by atoms with van der Waals surface area (Å²) in [5.41, 5.74) is 5.69. The number of hydrogen-bond donors (Lipinski definition) is 1. The van der Waals surface area contributed by atoms with Crippen LogP contribution in [0.2, 0.25) is 0 Å². The molecule has 4 aromatic carbocycles. The molecule has 0 saturated carbocycles. The van der Waals surface area contributed by atoms with E-state index in [2.05, 4.69) is 10.5 Å². The summed E-state index contributed by atoms with van der Waals surface area (Å²) in [5, 5.41) is 4.15. The molecule has 0 aliphatic rings. The summed E-state index contributed by atoms with van der Waals surface area (Å²) < 4.78 is 17.4. The third-order valence-corrected chi connectivity index (χ3v) is 5.19. The minimum absolute atomic E-state index is 0.361. The number of carbonyl (C=O) groups is 1. The van der Waals surface area contributed by atoms with Crippen LogP contribution in [0.5, 0.6) is 17.2 Å². The molecule has 176 valence electrons. The molecule has 0 aromatic heterocycles. The molecule has 0 unspecified atom stereocenters. The van der Waals surface area contributed by atoms with Gasteiger partial charge in [0.05, 0.1) is 18.9 Å². The number of nitrogens with one attached hydrogen (secondary N) is 1. The number of para-hydroxylation sites is 2. The van der Waals surface area contributed by atoms with Crippen LogP contribution in [0.1, 0.15) is 27.0 Å². The zero-order valence-electron chi connectivity index (χ0n) is 19.4. The van der Waals surface area contributed by atoms with E-state index in [4.69, 9.17) is 14.2 Å². The van der Waals surface area contributed by atoms with Gasteiger partial charge in [-0.05, 0) is 35.4 Å². The first-order chi connectivity index (χ1) is 17.2. The van der Waals surface area contributed by atoms with Gasteiger partial charge < -0.3 is 14.2 Å². The monoisotopic (exact) mass is 466 g/mol. The Morgan fingerprint density at radius 1 is 0.743 bits per heavy atom. The van der Waals surface area contributed by atoms with Gasteiger partial charge in [0.15, 0.2) is 11.5 Å². The summed E-state index contributed by atoms with van der Waals surface area (Å²) >= 11 is 0. The second kappa shape index (κ2) is 12.0. The van der Waals surface area contributed by atoms with Crippen molar-refractivity contribution in [3.63, 3.8) is 0 Å². The van der Waals surface area contributed by atoms with E-state index >= 15 is 0 Å². The van der Waals surface area contributed by atoms with E-state index < -0.39 is 0 Å². The van der Waals surface area contributed by atoms with Crippen LogP contribution in [0, 0.1) is 0 Å². The first-order valence-electron chi connectivity index (χ1n) is 11.2. The number of amides is 1. The number of benzene rings is 4. The standard InChI is InChI=1S/C29H26N2O4/c1-33-27-18-10-15-24(28(27)35-21-23-13-6-3-7-14-23)19-30-31-29(32)25-16-8-9-17-26(25)34-20-22-11-4-2-5-12-22/h2-19H,20-21H2,1H3,(H,31,32)/b30-19+. The molecule has 4 aromatic rings. The van der Waals surface area contributed by atoms with E-state index in [1.165, 1.54) is 6.21 Å². The zero-order valence-corrected chi connectivity index (χ0v) is 19.4. The maximum Gasteiger partial charge on any atom is 0.275 e. The Balaban J connectivity index is 1.44. The van der Waals surface area contributed by atoms with Gasteiger partial charge in [-0.25, -0.2) is 5.43 Å². The molecule has 0 saturated heterocycles. The number of ether oxygens (including phenoxy) is 3. The molecule has 4 rings (SSSR count). The van der Waals surface area contributed by atoms with Crippen LogP contribution < -0.4 is 19.6 Å². The average Bonchev–Trinajstić information content (AvgIpc) is 2.92. The predicted molar refractivity (Wildman–Crippen MR) is 136 cm³/mol. The number of carbonyl (C=O) groups excluding carboxylic acids is 1. The van der Waals surface area contributed by atoms with Crippen molar-refractivity contribution in [1.82, 2.24) is 5.43 Å². The van der Waals surface area contributed by atoms with Gasteiger partial charge in [-0.3, -0.25) is 4.79 Å². The first-order valence-corrected chi connectivity index (χ1v) is 11.2. The van der Waals surface area contributed by atoms with Gasteiger partial charge in [-0.1, -0.05) is 78.9 Å². The van der Waals surface area contributed by atoms with Gasteiger partial charge in [0.25, 0.3) is 5.91 Å². The van der Waals surface area contributed by atoms with Crippen molar-refractivity contribution < 1.29 is 19.0 Å². The Morgan fingerprint density at radius 3 is 2.03 bits per heavy atom. The second-order valence-electron chi connectivity index (χ2n) is 7.62. The van der Waals surface area contributed by atoms with E-state index in [0.29, 0.717) is 41.6 Å². The number of rotatable bonds is 10. The van der Waals surface area contributed by atoms with Crippen LogP contribution in [-0.2, 0) is 13.2 Å². The minimum Gasteiger partial charge on any atom is -0.493 e. The topological polar surface area (TPSA) is 69.2 Å². The predicted octanol–water partition coefficient (Wildman–Crippen LogP) is 5.62. The van der Waals surface area contributed by atoms with Crippen molar-refractivity contribution >= 4 is 12.1 Å². The summed E-state index contributed by atoms with van der Waals surface area (Å²) in [6.45, 7) is 0.737. The molecule has 1 N–H and O–H groups in total. The van der Waals surface area contributed by atoms with Crippen LogP contribution in [0.4, 0.5) is 0 Å². The van der Waals surface area contributed by atoms with E-state index in [1.54, 1.807) is 25.3 Å². The summed E-state index contributed by atoms with van der Waals surface area (Å²) in [6, 6.07) is 32.2. The van der Waals surface area contributed by atoms with Gasteiger partial charge >= 0.3 is 0 Å². The molecule has 6 nitrogen and oxygen atoms in total. The molecule has 0 aliphatic heterocycles. The zero-order chi connectivity index (χ0) is 24.3. The molecule has 0 fully saturated rings. The van der Waals surface area contributed by atoms with Crippen LogP contribution >= 0.6 is 0 Å². The van der Waals surface area contributed by atoms with Gasteiger partial charge in [0, 0.05) is 5.56 Å². The molecule has 6 heteroatoms. The number of methoxy groups -OCH3 is 1. The van der Waals surface area contributed by atoms with E-state index in [9.17, 15) is 4.79 Å². The lowest BCUT2D eigenvalue weighted by Crippen LogP contribution is -2.18. The van der Waals surface area contributed by atoms with Gasteiger partial charge in [0.1, 0.15) is 19.0 Å². The normalized spacial score (nSPS) is 10.7. The van der Waals surface area contributed by atoms with Gasteiger partial charge in [-0.15, -0.1) is 0 Å². The molecule has 0 aliphatic carbocycles. The number of hydrogen-bond acceptors (Lipinski definition) is 5. The van der Waals surface area contributed by atoms with Crippen molar-refractivity contribution in [3.8, 4) is 17.2 Å². The third-order valence-electron chi connectivity index (χ3n) is 5.19. The molecule has 1 amide bonds. The Hall–Kier alpha value is -4.58. The Morgan fingerprint density at radius 2 is 1.34 bits per heavy atom. The quantitative estimate of drug-likeness (QED) is 0.243. The average molecular weight is 467 g/mol. The lowest BCUT2D eigenvalue weighted by atomic mass is 10.2. The molecule has 0 bridgehead atoms. The van der Waals surface area contributed by atoms with E-state index in [0.717, 1.165) is 11.1 Å². The molecule has 0 heterocycles. The van der Waals surface area contributed by atoms with Crippen molar-refractivity contribution in [3.05, 3.63) is 125 Å². The second-order valence-corrected chi connectivity index (χ2v) is 7.62. The Labute approximate surface area is 204 Å². The van der Waals surface area contributed by atoms with Crippen LogP contribution in [0.3, 0.4) is 0 Å². The fourth-order valence-electron chi connectivity index (χ4n) is 3.42. The molecular formula is C29H26N2O4. The highest BCUT2D eigenvalue weighted by molar-refractivity contribution is 5.97. The van der Waals surface area contributed by atoms with Crippen molar-refractivity contribution in [2.75, 3.05) is 7.11 Å². The van der Waals surface area contributed by atoms with Gasteiger partial charge in [0.2, 0.25) is 0 Å². The summed E-state index contributed by atoms with van der Waals surface area (Å²) in [6.07, 6.45) is 1.54. The van der Waals surface area contributed by atoms with Crippen molar-refractivity contribution in [2.45, 2.75) is 13.2 Å². The Bertz CT molecular complexity index is 1270. The largest absolute Gasteiger partial charge is 0.493 e. The Kier molecular flexibility index (Phi) is 8.11. The number of hydrazone groups is 1. The van der Waals surface area contributed by atoms with Crippen LogP contribution in [0.25, 0.3) is 0 Å². The third kappa shape index (κ3) is 6.48. The van der Waals surface area contributed by atoms with Crippen molar-refractivity contribution in [1.29, 1.82) is 0 Å². The smallest absolute Gasteiger partial charge is 0.275 e. The van der Waals surface area contributed by atoms with E-state index in [1.807, 2.05) is 84.9 Å². The van der Waals surface area contributed by atoms with Gasteiger partial charge in [-0.2, -0.15) is 5.10 Å². The van der Waals surface area contributed by atoms with Crippen LogP contribution in [0.15, 0.2) is 108 Å². The number of nitrogens with zero attached hydrogens (tertiary/aromatic N) is 1. The van der Waals surface area contributed by atoms with Crippen molar-refractivity contribution in [2.24, 2.45) is 5.10 Å². The van der Waals surface area contributed by atoms with E-state index in [-0.39, 0.29) is 5.91 Å². The fourth-order valence-corrected chi connectivity index (χ4v) is 3.42. The molecule has 0 spiro atoms. The fraction of sp³-hybridized carbons (Fsp3) is 0.103. The SMILES string of the molecule is COc1cccc(/C=N/NC(=O)c2ccccc2OCc2ccccc2)c1OCc1ccccc1. The summed E-state index contributed by atoms with van der Waals surface area (Å²) in [4.78, 5) is 12.8. The molecule has 0 atom stereocenters. The summed E-state index contributed by atoms with van der Waals surface area (Å²) in [5.74, 6) is 1.23. The highest BCUT2D eigenvalue weighted by Gasteiger charge is 2.13. The molecule has 0 radical (unpaired) electrons. The summed E-state index contributed by atoms with van der Waals surface area (Å²) in [7, 11) is 1.58.